The molecule has 0 aliphatic rings. The van der Waals surface area contributed by atoms with E-state index in [-0.39, 0.29) is 46.0 Å². The summed E-state index contributed by atoms with van der Waals surface area (Å²) in [6.45, 7) is 0. The van der Waals surface area contributed by atoms with Gasteiger partial charge >= 0.3 is 51.2 Å². The number of primary amides is 1. The van der Waals surface area contributed by atoms with Crippen LogP contribution in [0.25, 0.3) is 0 Å². The van der Waals surface area contributed by atoms with Gasteiger partial charge in [0.1, 0.15) is 0 Å². The van der Waals surface area contributed by atoms with E-state index in [1.54, 1.807) is 0 Å². The molecule has 0 fully saturated rings. The molecule has 0 unspecified atom stereocenters. The van der Waals surface area contributed by atoms with E-state index in [0.29, 0.717) is 0 Å². The van der Waals surface area contributed by atoms with Gasteiger partial charge in [0.2, 0.25) is 6.41 Å². The second-order valence-corrected chi connectivity index (χ2v) is 28.3. The van der Waals surface area contributed by atoms with Gasteiger partial charge in [0, 0.05) is 23.9 Å². The molecule has 0 spiro atoms. The van der Waals surface area contributed by atoms with E-state index in [2.05, 4.69) is 41.3 Å². The fourth-order valence-corrected chi connectivity index (χ4v) is 0. The minimum Gasteiger partial charge on any atom is 0 e. The van der Waals surface area contributed by atoms with Crippen molar-refractivity contribution in [1.29, 1.82) is 0 Å². The smallest absolute Gasteiger partial charge is 0 e. The Kier molecular flexibility index (Phi) is 54.6. The van der Waals surface area contributed by atoms with Crippen LogP contribution in [0.2, 0.25) is 0 Å². The number of carbonyl (C=O) groups excluding carboxylic acids is 1. The van der Waals surface area contributed by atoms with Crippen molar-refractivity contribution in [2.24, 2.45) is 5.73 Å². The Morgan fingerprint density at radius 3 is 1.57 bits per heavy atom. The number of amides is 1. The predicted octanol–water partition coefficient (Wildman–Crippen LogP) is 0.111. The van der Waals surface area contributed by atoms with Crippen LogP contribution in [0.5, 0.6) is 0 Å². The number of rotatable bonds is 0. The van der Waals surface area contributed by atoms with E-state index in [9.17, 15) is 0 Å². The minimum atomic E-state index is 0. The van der Waals surface area contributed by atoms with Gasteiger partial charge in [-0.05, 0) is 0 Å². The third-order valence-electron chi connectivity index (χ3n) is 0. The van der Waals surface area contributed by atoms with E-state index in [0.717, 1.165) is 0 Å². The molecule has 7 heavy (non-hydrogen) atoms. The first-order valence-corrected chi connectivity index (χ1v) is 22.8. The molecule has 1 amide bonds. The van der Waals surface area contributed by atoms with Crippen molar-refractivity contribution in [3.05, 3.63) is 0 Å². The van der Waals surface area contributed by atoms with Gasteiger partial charge in [-0.1, -0.05) is 0 Å². The zero-order valence-corrected chi connectivity index (χ0v) is 14.4. The van der Waals surface area contributed by atoms with E-state index in [4.69, 9.17) is 4.79 Å². The van der Waals surface area contributed by atoms with Crippen LogP contribution < -0.4 is 5.73 Å². The fraction of sp³-hybridized carbons (Fsp3) is 0. The van der Waals surface area contributed by atoms with Crippen LogP contribution in [0.1, 0.15) is 0 Å². The molecule has 0 aliphatic heterocycles. The summed E-state index contributed by atoms with van der Waals surface area (Å²) in [7, 11) is 0. The van der Waals surface area contributed by atoms with Crippen LogP contribution in [0.4, 0.5) is 0 Å². The number of carbonyl (C=O) groups is 1. The van der Waals surface area contributed by atoms with Gasteiger partial charge in [-0.15, -0.1) is 0 Å². The normalized spacial score (nSPS) is 4.29. The number of halogens is 2. The van der Waals surface area contributed by atoms with E-state index >= 15 is 0 Å². The Morgan fingerprint density at radius 1 is 1.57 bits per heavy atom. The topological polar surface area (TPSA) is 43.1 Å². The molecular formula is CH3I2NOPbSn. The predicted molar refractivity (Wildman–Crippen MR) is 49.8 cm³/mol. The molecule has 40 valence electrons. The molecule has 0 atom stereocenters. The maximum atomic E-state index is 8.58. The zero-order valence-electron chi connectivity index (χ0n) is 3.32. The summed E-state index contributed by atoms with van der Waals surface area (Å²) in [5, 5.41) is 0. The minimum absolute atomic E-state index is 0. The molecule has 6 radical (unpaired) electrons. The molecule has 0 aromatic rings. The first kappa shape index (κ1) is 16.3. The monoisotopic (exact) mass is 627 g/mol. The SMILES string of the molecule is NC=O.[I][Pb][I].[Sn]. The largest absolute Gasteiger partial charge is 0 e. The quantitative estimate of drug-likeness (QED) is 0.232. The summed E-state index contributed by atoms with van der Waals surface area (Å²) in [5.41, 5.74) is 4.17. The molecule has 0 rings (SSSR count). The molecular weight excluding hydrogens is 622 g/mol. The Bertz CT molecular complexity index is 31.7. The molecule has 0 aromatic carbocycles. The molecule has 0 saturated carbocycles. The summed E-state index contributed by atoms with van der Waals surface area (Å²) < 4.78 is 0. The van der Waals surface area contributed by atoms with Crippen molar-refractivity contribution in [1.82, 2.24) is 0 Å². The van der Waals surface area contributed by atoms with E-state index in [1.165, 1.54) is 0 Å². The molecule has 2 N–H and O–H groups in total. The Labute approximate surface area is 89.8 Å². The van der Waals surface area contributed by atoms with Crippen molar-refractivity contribution in [2.45, 2.75) is 0 Å². The summed E-state index contributed by atoms with van der Waals surface area (Å²) in [6.07, 6.45) is 0.250. The second kappa shape index (κ2) is 23.4. The molecule has 0 aromatic heterocycles. The first-order valence-electron chi connectivity index (χ1n) is 0.947. The van der Waals surface area contributed by atoms with Gasteiger partial charge in [0.15, 0.2) is 0 Å². The second-order valence-electron chi connectivity index (χ2n) is 0.208. The van der Waals surface area contributed by atoms with Crippen LogP contribution in [0.3, 0.4) is 0 Å². The van der Waals surface area contributed by atoms with E-state index in [1.807, 2.05) is 0 Å². The first-order chi connectivity index (χ1) is 2.83. The summed E-state index contributed by atoms with van der Waals surface area (Å²) in [6, 6.07) is 0. The van der Waals surface area contributed by atoms with Gasteiger partial charge in [-0.3, -0.25) is 4.79 Å². The molecule has 2 nitrogen and oxygen atoms in total. The average molecular weight is 625 g/mol. The van der Waals surface area contributed by atoms with Crippen molar-refractivity contribution in [3.8, 4) is 0 Å². The maximum absolute atomic E-state index is 8.58. The number of nitrogens with two attached hydrogens (primary N) is 1. The summed E-state index contributed by atoms with van der Waals surface area (Å²) >= 11 is 4.96. The van der Waals surface area contributed by atoms with E-state index < -0.39 is 0 Å². The third-order valence-corrected chi connectivity index (χ3v) is 0. The number of hydrogen-bond donors (Lipinski definition) is 1. The van der Waals surface area contributed by atoms with Crippen LogP contribution >= 0.6 is 35.5 Å². The Morgan fingerprint density at radius 2 is 1.57 bits per heavy atom. The molecule has 0 bridgehead atoms. The van der Waals surface area contributed by atoms with Gasteiger partial charge < -0.3 is 5.73 Å². The third kappa shape index (κ3) is 54.5. The Balaban J connectivity index is -0.0000000400. The molecule has 0 aliphatic carbocycles. The van der Waals surface area contributed by atoms with Crippen molar-refractivity contribution >= 4 is 81.5 Å². The van der Waals surface area contributed by atoms with Gasteiger partial charge in [0.25, 0.3) is 0 Å². The van der Waals surface area contributed by atoms with Crippen LogP contribution in [0, 0.1) is 0 Å². The maximum Gasteiger partial charge on any atom is 0 e. The van der Waals surface area contributed by atoms with Gasteiger partial charge in [-0.2, -0.15) is 0 Å². The molecule has 6 heteroatoms. The Hall–Kier alpha value is 2.65. The fourth-order valence-electron chi connectivity index (χ4n) is 0. The van der Waals surface area contributed by atoms with Crippen molar-refractivity contribution < 1.29 is 4.79 Å². The summed E-state index contributed by atoms with van der Waals surface area (Å²) in [4.78, 5) is 8.58. The average Bonchev–Trinajstić information content (AvgIpc) is 1.39. The standard InChI is InChI=1S/CH3NO.2HI.Pb.Sn/c2-1-3;;;;/h1H,(H2,2,3);2*1H;;/q;;;+2;/p-2. The van der Waals surface area contributed by atoms with Crippen molar-refractivity contribution in [3.63, 3.8) is 0 Å². The van der Waals surface area contributed by atoms with Crippen LogP contribution in [0.15, 0.2) is 0 Å². The zero-order chi connectivity index (χ0) is 5.41. The number of hydrogen-bond acceptors (Lipinski definition) is 1. The van der Waals surface area contributed by atoms with Crippen LogP contribution in [-0.2, 0) is 4.79 Å². The molecule has 0 saturated heterocycles. The molecule has 0 heterocycles. The van der Waals surface area contributed by atoms with Gasteiger partial charge in [0.05, 0.1) is 0 Å². The van der Waals surface area contributed by atoms with Gasteiger partial charge in [-0.25, -0.2) is 0 Å². The van der Waals surface area contributed by atoms with Crippen LogP contribution in [-0.4, -0.2) is 46.0 Å². The summed E-state index contributed by atoms with van der Waals surface area (Å²) in [5.74, 6) is 0. The van der Waals surface area contributed by atoms with Crippen molar-refractivity contribution in [2.75, 3.05) is 0 Å².